The summed E-state index contributed by atoms with van der Waals surface area (Å²) >= 11 is 0. The summed E-state index contributed by atoms with van der Waals surface area (Å²) in [5, 5.41) is 8.81. The molecule has 2 aromatic rings. The summed E-state index contributed by atoms with van der Waals surface area (Å²) in [7, 11) is 0. The Morgan fingerprint density at radius 3 is 2.33 bits per heavy atom. The van der Waals surface area contributed by atoms with Gasteiger partial charge in [0.25, 0.3) is 0 Å². The lowest BCUT2D eigenvalue weighted by atomic mass is 10.0. The lowest BCUT2D eigenvalue weighted by Crippen LogP contribution is -2.04. The van der Waals surface area contributed by atoms with E-state index in [4.69, 9.17) is 16.6 Å². The van der Waals surface area contributed by atoms with Crippen molar-refractivity contribution in [3.05, 3.63) is 47.7 Å². The zero-order valence-electron chi connectivity index (χ0n) is 9.63. The van der Waals surface area contributed by atoms with Gasteiger partial charge in [0.1, 0.15) is 5.82 Å². The van der Waals surface area contributed by atoms with Crippen molar-refractivity contribution in [1.82, 2.24) is 4.98 Å². The number of carbonyl (C=O) groups is 1. The summed E-state index contributed by atoms with van der Waals surface area (Å²) in [6, 6.07) is 10.7. The van der Waals surface area contributed by atoms with Crippen molar-refractivity contribution in [2.45, 2.75) is 6.54 Å². The highest BCUT2D eigenvalue weighted by Crippen LogP contribution is 2.24. The van der Waals surface area contributed by atoms with Gasteiger partial charge in [0, 0.05) is 12.1 Å². The van der Waals surface area contributed by atoms with E-state index in [1.165, 1.54) is 6.07 Å². The van der Waals surface area contributed by atoms with Crippen LogP contribution >= 0.6 is 0 Å². The molecule has 0 saturated carbocycles. The molecule has 0 aliphatic carbocycles. The van der Waals surface area contributed by atoms with E-state index < -0.39 is 5.97 Å². The largest absolute Gasteiger partial charge is 0.477 e. The smallest absolute Gasteiger partial charge is 0.354 e. The SMILES string of the molecule is NCc1ccc(-c2ccc(C(=O)O)nc2N)cc1. The molecule has 1 aromatic carbocycles. The van der Waals surface area contributed by atoms with Crippen molar-refractivity contribution >= 4 is 11.8 Å². The molecule has 92 valence electrons. The molecule has 5 heteroatoms. The van der Waals surface area contributed by atoms with E-state index in [0.29, 0.717) is 12.1 Å². The Morgan fingerprint density at radius 2 is 1.83 bits per heavy atom. The number of hydrogen-bond acceptors (Lipinski definition) is 4. The summed E-state index contributed by atoms with van der Waals surface area (Å²) in [4.78, 5) is 14.6. The number of nitrogen functional groups attached to an aromatic ring is 1. The third-order valence-electron chi connectivity index (χ3n) is 2.64. The van der Waals surface area contributed by atoms with Gasteiger partial charge in [-0.25, -0.2) is 9.78 Å². The number of benzene rings is 1. The van der Waals surface area contributed by atoms with E-state index in [2.05, 4.69) is 4.98 Å². The number of carboxylic acid groups (broad SMARTS) is 1. The molecule has 18 heavy (non-hydrogen) atoms. The van der Waals surface area contributed by atoms with E-state index in [9.17, 15) is 4.79 Å². The zero-order valence-corrected chi connectivity index (χ0v) is 9.63. The van der Waals surface area contributed by atoms with Crippen LogP contribution in [-0.2, 0) is 6.54 Å². The van der Waals surface area contributed by atoms with E-state index in [1.54, 1.807) is 6.07 Å². The van der Waals surface area contributed by atoms with Crippen molar-refractivity contribution in [3.63, 3.8) is 0 Å². The first kappa shape index (κ1) is 12.1. The van der Waals surface area contributed by atoms with Gasteiger partial charge in [-0.05, 0) is 23.3 Å². The number of aromatic nitrogens is 1. The van der Waals surface area contributed by atoms with Crippen molar-refractivity contribution in [2.75, 3.05) is 5.73 Å². The van der Waals surface area contributed by atoms with E-state index in [0.717, 1.165) is 11.1 Å². The lowest BCUT2D eigenvalue weighted by molar-refractivity contribution is 0.0690. The summed E-state index contributed by atoms with van der Waals surface area (Å²) in [6.07, 6.45) is 0. The third kappa shape index (κ3) is 2.31. The minimum atomic E-state index is -1.09. The number of aromatic carboxylic acids is 1. The maximum Gasteiger partial charge on any atom is 0.354 e. The highest BCUT2D eigenvalue weighted by atomic mass is 16.4. The fourth-order valence-electron chi connectivity index (χ4n) is 1.66. The Bertz CT molecular complexity index is 579. The Morgan fingerprint density at radius 1 is 1.17 bits per heavy atom. The number of anilines is 1. The summed E-state index contributed by atoms with van der Waals surface area (Å²) in [5.41, 5.74) is 13.8. The Labute approximate surface area is 104 Å². The van der Waals surface area contributed by atoms with Gasteiger partial charge in [-0.3, -0.25) is 0 Å². The minimum absolute atomic E-state index is 0.0603. The molecule has 0 aliphatic heterocycles. The summed E-state index contributed by atoms with van der Waals surface area (Å²) < 4.78 is 0. The second-order valence-corrected chi connectivity index (χ2v) is 3.84. The predicted octanol–water partition coefficient (Wildman–Crippen LogP) is 1.49. The minimum Gasteiger partial charge on any atom is -0.477 e. The fourth-order valence-corrected chi connectivity index (χ4v) is 1.66. The van der Waals surface area contributed by atoms with Crippen LogP contribution in [0.4, 0.5) is 5.82 Å². The van der Waals surface area contributed by atoms with Crippen LogP contribution in [0.1, 0.15) is 16.1 Å². The van der Waals surface area contributed by atoms with Crippen molar-refractivity contribution < 1.29 is 9.90 Å². The Balaban J connectivity index is 2.41. The van der Waals surface area contributed by atoms with Crippen LogP contribution < -0.4 is 11.5 Å². The second kappa shape index (κ2) is 4.85. The maximum absolute atomic E-state index is 10.8. The highest BCUT2D eigenvalue weighted by Gasteiger charge is 2.09. The quantitative estimate of drug-likeness (QED) is 0.757. The first-order chi connectivity index (χ1) is 8.61. The molecule has 0 unspecified atom stereocenters. The van der Waals surface area contributed by atoms with Crippen molar-refractivity contribution in [2.24, 2.45) is 5.73 Å². The molecule has 0 bridgehead atoms. The third-order valence-corrected chi connectivity index (χ3v) is 2.64. The molecule has 2 rings (SSSR count). The number of rotatable bonds is 3. The van der Waals surface area contributed by atoms with Crippen LogP contribution in [0.25, 0.3) is 11.1 Å². The molecule has 0 saturated heterocycles. The molecule has 5 nitrogen and oxygen atoms in total. The van der Waals surface area contributed by atoms with E-state index >= 15 is 0 Å². The first-order valence-electron chi connectivity index (χ1n) is 5.41. The lowest BCUT2D eigenvalue weighted by Gasteiger charge is -2.06. The molecule has 1 aromatic heterocycles. The number of pyridine rings is 1. The normalized spacial score (nSPS) is 10.3. The molecule has 0 fully saturated rings. The van der Waals surface area contributed by atoms with Crippen LogP contribution in [0.2, 0.25) is 0 Å². The van der Waals surface area contributed by atoms with Crippen molar-refractivity contribution in [1.29, 1.82) is 0 Å². The molecule has 0 radical (unpaired) electrons. The van der Waals surface area contributed by atoms with Gasteiger partial charge in [0.2, 0.25) is 0 Å². The molecule has 0 spiro atoms. The van der Waals surface area contributed by atoms with Crippen LogP contribution in [0.3, 0.4) is 0 Å². The molecule has 0 atom stereocenters. The topological polar surface area (TPSA) is 102 Å². The highest BCUT2D eigenvalue weighted by molar-refractivity contribution is 5.87. The standard InChI is InChI=1S/C13H13N3O2/c14-7-8-1-3-9(4-2-8)10-5-6-11(13(17)18)16-12(10)15/h1-6H,7,14H2,(H2,15,16)(H,17,18). The Hall–Kier alpha value is -2.40. The van der Waals surface area contributed by atoms with Crippen LogP contribution in [-0.4, -0.2) is 16.1 Å². The number of nitrogens with zero attached hydrogens (tertiary/aromatic N) is 1. The van der Waals surface area contributed by atoms with Gasteiger partial charge in [-0.1, -0.05) is 24.3 Å². The van der Waals surface area contributed by atoms with E-state index in [1.807, 2.05) is 24.3 Å². The molecule has 0 amide bonds. The van der Waals surface area contributed by atoms with Crippen LogP contribution in [0.15, 0.2) is 36.4 Å². The average Bonchev–Trinajstić information content (AvgIpc) is 2.38. The van der Waals surface area contributed by atoms with Crippen molar-refractivity contribution in [3.8, 4) is 11.1 Å². The molecule has 5 N–H and O–H groups in total. The molecular weight excluding hydrogens is 230 g/mol. The summed E-state index contributed by atoms with van der Waals surface area (Å²) in [5.74, 6) is -0.887. The van der Waals surface area contributed by atoms with Gasteiger partial charge in [-0.2, -0.15) is 0 Å². The van der Waals surface area contributed by atoms with Gasteiger partial charge in [0.15, 0.2) is 5.69 Å². The van der Waals surface area contributed by atoms with Gasteiger partial charge in [0.05, 0.1) is 0 Å². The van der Waals surface area contributed by atoms with E-state index in [-0.39, 0.29) is 11.5 Å². The molecule has 1 heterocycles. The van der Waals surface area contributed by atoms with Gasteiger partial charge < -0.3 is 16.6 Å². The second-order valence-electron chi connectivity index (χ2n) is 3.84. The number of carboxylic acids is 1. The van der Waals surface area contributed by atoms with Crippen LogP contribution in [0.5, 0.6) is 0 Å². The fraction of sp³-hybridized carbons (Fsp3) is 0.0769. The summed E-state index contributed by atoms with van der Waals surface area (Å²) in [6.45, 7) is 0.478. The molecular formula is C13H13N3O2. The Kier molecular flexibility index (Phi) is 3.25. The average molecular weight is 243 g/mol. The van der Waals surface area contributed by atoms with Crippen LogP contribution in [0, 0.1) is 0 Å². The predicted molar refractivity (Wildman–Crippen MR) is 68.9 cm³/mol. The first-order valence-corrected chi connectivity index (χ1v) is 5.41. The van der Waals surface area contributed by atoms with Gasteiger partial charge in [-0.15, -0.1) is 0 Å². The van der Waals surface area contributed by atoms with Gasteiger partial charge >= 0.3 is 5.97 Å². The monoisotopic (exact) mass is 243 g/mol. The number of nitrogens with two attached hydrogens (primary N) is 2. The number of hydrogen-bond donors (Lipinski definition) is 3. The maximum atomic E-state index is 10.8. The molecule has 0 aliphatic rings. The zero-order chi connectivity index (χ0) is 13.1.